The van der Waals surface area contributed by atoms with Gasteiger partial charge in [0, 0.05) is 18.2 Å². The van der Waals surface area contributed by atoms with Gasteiger partial charge in [0.1, 0.15) is 11.4 Å². The highest BCUT2D eigenvalue weighted by atomic mass is 16.5. The van der Waals surface area contributed by atoms with Gasteiger partial charge in [-0.05, 0) is 38.8 Å². The van der Waals surface area contributed by atoms with E-state index in [1.54, 1.807) is 0 Å². The van der Waals surface area contributed by atoms with Crippen LogP contribution in [0.4, 0.5) is 0 Å². The van der Waals surface area contributed by atoms with Crippen LogP contribution in [0.25, 0.3) is 11.3 Å². The Balaban J connectivity index is 1.79. The maximum Gasteiger partial charge on any atom is 0.181 e. The molecule has 4 heteroatoms. The molecule has 1 aliphatic carbocycles. The molecule has 1 aromatic heterocycles. The number of nitrogens with one attached hydrogen (secondary N) is 1. The predicted octanol–water partition coefficient (Wildman–Crippen LogP) is 3.38. The second-order valence-corrected chi connectivity index (χ2v) is 5.48. The van der Waals surface area contributed by atoms with E-state index in [2.05, 4.69) is 10.3 Å². The number of rotatable bonds is 6. The van der Waals surface area contributed by atoms with Gasteiger partial charge in [0.2, 0.25) is 0 Å². The van der Waals surface area contributed by atoms with Crippen LogP contribution >= 0.6 is 0 Å². The van der Waals surface area contributed by atoms with Crippen LogP contribution in [0.1, 0.15) is 32.4 Å². The molecule has 0 atom stereocenters. The number of ether oxygens (including phenoxy) is 1. The first kappa shape index (κ1) is 13.2. The van der Waals surface area contributed by atoms with Gasteiger partial charge in [0.25, 0.3) is 0 Å². The molecule has 0 bridgehead atoms. The van der Waals surface area contributed by atoms with Crippen LogP contribution in [0.5, 0.6) is 5.75 Å². The molecule has 0 amide bonds. The van der Waals surface area contributed by atoms with E-state index in [0.29, 0.717) is 6.04 Å². The number of oxazole rings is 1. The topological polar surface area (TPSA) is 47.3 Å². The van der Waals surface area contributed by atoms with Crippen molar-refractivity contribution in [2.24, 2.45) is 0 Å². The molecule has 1 N–H and O–H groups in total. The standard InChI is InChI=1S/C16H20N2O2/c1-11(2)20-14-5-3-4-12(8-14)16-15(18-10-19-16)9-17-13-6-7-13/h3-5,8,10-11,13,17H,6-7,9H2,1-2H3. The molecule has 0 spiro atoms. The van der Waals surface area contributed by atoms with Crippen molar-refractivity contribution >= 4 is 0 Å². The number of nitrogens with zero attached hydrogens (tertiary/aromatic N) is 1. The first-order valence-corrected chi connectivity index (χ1v) is 7.15. The minimum atomic E-state index is 0.163. The first-order chi connectivity index (χ1) is 9.72. The normalized spacial score (nSPS) is 14.8. The smallest absolute Gasteiger partial charge is 0.181 e. The van der Waals surface area contributed by atoms with Crippen LogP contribution in [0.2, 0.25) is 0 Å². The zero-order valence-corrected chi connectivity index (χ0v) is 11.9. The quantitative estimate of drug-likeness (QED) is 0.875. The molecule has 2 aromatic rings. The fraction of sp³-hybridized carbons (Fsp3) is 0.438. The third-order valence-corrected chi connectivity index (χ3v) is 3.24. The summed E-state index contributed by atoms with van der Waals surface area (Å²) in [4.78, 5) is 4.31. The lowest BCUT2D eigenvalue weighted by Crippen LogP contribution is -2.16. The highest BCUT2D eigenvalue weighted by Gasteiger charge is 2.21. The first-order valence-electron chi connectivity index (χ1n) is 7.15. The van der Waals surface area contributed by atoms with E-state index in [0.717, 1.165) is 29.3 Å². The van der Waals surface area contributed by atoms with Crippen molar-refractivity contribution < 1.29 is 9.15 Å². The van der Waals surface area contributed by atoms with Gasteiger partial charge in [0.05, 0.1) is 6.10 Å². The molecule has 1 aromatic carbocycles. The second kappa shape index (κ2) is 5.67. The molecule has 106 valence electrons. The van der Waals surface area contributed by atoms with E-state index >= 15 is 0 Å². The molecule has 0 unspecified atom stereocenters. The summed E-state index contributed by atoms with van der Waals surface area (Å²) in [5.41, 5.74) is 1.96. The zero-order valence-electron chi connectivity index (χ0n) is 11.9. The van der Waals surface area contributed by atoms with E-state index in [-0.39, 0.29) is 6.10 Å². The summed E-state index contributed by atoms with van der Waals surface area (Å²) in [7, 11) is 0. The lowest BCUT2D eigenvalue weighted by molar-refractivity contribution is 0.242. The van der Waals surface area contributed by atoms with Crippen LogP contribution in [0.3, 0.4) is 0 Å². The van der Waals surface area contributed by atoms with Crippen LogP contribution in [0, 0.1) is 0 Å². The van der Waals surface area contributed by atoms with E-state index in [4.69, 9.17) is 9.15 Å². The van der Waals surface area contributed by atoms with E-state index in [1.807, 2.05) is 38.1 Å². The van der Waals surface area contributed by atoms with Crippen molar-refractivity contribution in [3.8, 4) is 17.1 Å². The molecular formula is C16H20N2O2. The van der Waals surface area contributed by atoms with Gasteiger partial charge in [-0.3, -0.25) is 0 Å². The summed E-state index contributed by atoms with van der Waals surface area (Å²) < 4.78 is 11.3. The average molecular weight is 272 g/mol. The van der Waals surface area contributed by atoms with E-state index in [1.165, 1.54) is 19.2 Å². The summed E-state index contributed by atoms with van der Waals surface area (Å²) in [6, 6.07) is 8.63. The summed E-state index contributed by atoms with van der Waals surface area (Å²) in [5, 5.41) is 3.46. The minimum Gasteiger partial charge on any atom is -0.491 e. The molecule has 4 nitrogen and oxygen atoms in total. The fourth-order valence-electron chi connectivity index (χ4n) is 2.14. The Bertz CT molecular complexity index is 573. The van der Waals surface area contributed by atoms with Crippen LogP contribution in [0.15, 0.2) is 35.1 Å². The van der Waals surface area contributed by atoms with Crippen molar-refractivity contribution in [3.05, 3.63) is 36.4 Å². The average Bonchev–Trinajstić information content (AvgIpc) is 3.13. The summed E-state index contributed by atoms with van der Waals surface area (Å²) in [6.07, 6.45) is 4.21. The van der Waals surface area contributed by atoms with E-state index in [9.17, 15) is 0 Å². The summed E-state index contributed by atoms with van der Waals surface area (Å²) in [6.45, 7) is 4.80. The monoisotopic (exact) mass is 272 g/mol. The number of aromatic nitrogens is 1. The van der Waals surface area contributed by atoms with Crippen molar-refractivity contribution in [1.29, 1.82) is 0 Å². The maximum absolute atomic E-state index is 5.72. The Morgan fingerprint density at radius 1 is 1.40 bits per heavy atom. The second-order valence-electron chi connectivity index (χ2n) is 5.48. The Kier molecular flexibility index (Phi) is 3.74. The minimum absolute atomic E-state index is 0.163. The lowest BCUT2D eigenvalue weighted by Gasteiger charge is -2.10. The van der Waals surface area contributed by atoms with Crippen molar-refractivity contribution in [2.45, 2.75) is 45.4 Å². The zero-order chi connectivity index (χ0) is 13.9. The summed E-state index contributed by atoms with van der Waals surface area (Å²) in [5.74, 6) is 1.68. The van der Waals surface area contributed by atoms with Crippen LogP contribution in [-0.4, -0.2) is 17.1 Å². The number of hydrogen-bond acceptors (Lipinski definition) is 4. The van der Waals surface area contributed by atoms with Gasteiger partial charge >= 0.3 is 0 Å². The van der Waals surface area contributed by atoms with Gasteiger partial charge in [-0.1, -0.05) is 12.1 Å². The molecule has 3 rings (SSSR count). The highest BCUT2D eigenvalue weighted by molar-refractivity contribution is 5.61. The van der Waals surface area contributed by atoms with Gasteiger partial charge in [-0.15, -0.1) is 0 Å². The molecule has 1 fully saturated rings. The van der Waals surface area contributed by atoms with Crippen LogP contribution in [-0.2, 0) is 6.54 Å². The van der Waals surface area contributed by atoms with Gasteiger partial charge in [-0.25, -0.2) is 4.98 Å². The molecule has 20 heavy (non-hydrogen) atoms. The molecule has 1 heterocycles. The Morgan fingerprint density at radius 3 is 3.00 bits per heavy atom. The molecular weight excluding hydrogens is 252 g/mol. The number of benzene rings is 1. The van der Waals surface area contributed by atoms with E-state index < -0.39 is 0 Å². The third kappa shape index (κ3) is 3.20. The third-order valence-electron chi connectivity index (χ3n) is 3.24. The lowest BCUT2D eigenvalue weighted by atomic mass is 10.1. The predicted molar refractivity (Wildman–Crippen MR) is 77.6 cm³/mol. The molecule has 0 saturated heterocycles. The van der Waals surface area contributed by atoms with Crippen molar-refractivity contribution in [2.75, 3.05) is 0 Å². The van der Waals surface area contributed by atoms with Crippen LogP contribution < -0.4 is 10.1 Å². The van der Waals surface area contributed by atoms with Gasteiger partial charge in [0.15, 0.2) is 12.2 Å². The maximum atomic E-state index is 5.72. The molecule has 1 aliphatic rings. The Hall–Kier alpha value is -1.81. The molecule has 0 aliphatic heterocycles. The number of hydrogen-bond donors (Lipinski definition) is 1. The Labute approximate surface area is 119 Å². The summed E-state index contributed by atoms with van der Waals surface area (Å²) >= 11 is 0. The largest absolute Gasteiger partial charge is 0.491 e. The fourth-order valence-corrected chi connectivity index (χ4v) is 2.14. The SMILES string of the molecule is CC(C)Oc1cccc(-c2ocnc2CNC2CC2)c1. The van der Waals surface area contributed by atoms with Crippen molar-refractivity contribution in [3.63, 3.8) is 0 Å². The Morgan fingerprint density at radius 2 is 2.25 bits per heavy atom. The molecule has 0 radical (unpaired) electrons. The van der Waals surface area contributed by atoms with Gasteiger partial charge < -0.3 is 14.5 Å². The van der Waals surface area contributed by atoms with Gasteiger partial charge in [-0.2, -0.15) is 0 Å². The van der Waals surface area contributed by atoms with Crippen molar-refractivity contribution in [1.82, 2.24) is 10.3 Å². The highest BCUT2D eigenvalue weighted by Crippen LogP contribution is 2.28. The molecule has 1 saturated carbocycles.